The summed E-state index contributed by atoms with van der Waals surface area (Å²) in [5.41, 5.74) is 2.00. The quantitative estimate of drug-likeness (QED) is 0.427. The average molecular weight is 382 g/mol. The smallest absolute Gasteiger partial charge is 0.172 e. The molecule has 0 N–H and O–H groups in total. The normalized spacial score (nSPS) is 18.0. The van der Waals surface area contributed by atoms with Crippen molar-refractivity contribution in [1.82, 2.24) is 0 Å². The molecule has 2 nitrogen and oxygen atoms in total. The van der Waals surface area contributed by atoms with E-state index in [9.17, 15) is 4.57 Å². The standard InChI is InChI=1S/C25H19O2P/c1-27-22-13-11-18(12-14-22)24-17-21-15-19-7-5-6-8-20(19)16-25(21)28(24,26)23-9-3-2-4-10-23/h2-17H,1H3/t28-/m1/s1. The predicted molar refractivity (Wildman–Crippen MR) is 118 cm³/mol. The molecule has 0 fully saturated rings. The van der Waals surface area contributed by atoms with Gasteiger partial charge in [-0.25, -0.2) is 0 Å². The fraction of sp³-hybridized carbons (Fsp3) is 0.0400. The van der Waals surface area contributed by atoms with Crippen LogP contribution in [0.25, 0.3) is 22.2 Å². The van der Waals surface area contributed by atoms with E-state index in [0.717, 1.165) is 43.6 Å². The zero-order chi connectivity index (χ0) is 19.1. The lowest BCUT2D eigenvalue weighted by molar-refractivity contribution is 0.415. The Morgan fingerprint density at radius 2 is 1.39 bits per heavy atom. The van der Waals surface area contributed by atoms with Gasteiger partial charge < -0.3 is 9.30 Å². The van der Waals surface area contributed by atoms with Gasteiger partial charge in [0.2, 0.25) is 0 Å². The first-order chi connectivity index (χ1) is 13.7. The summed E-state index contributed by atoms with van der Waals surface area (Å²) in [6.45, 7) is 0. The fourth-order valence-electron chi connectivity index (χ4n) is 3.95. The van der Waals surface area contributed by atoms with Gasteiger partial charge in [-0.2, -0.15) is 0 Å². The van der Waals surface area contributed by atoms with E-state index < -0.39 is 7.14 Å². The van der Waals surface area contributed by atoms with Crippen LogP contribution >= 0.6 is 7.14 Å². The molecule has 0 bridgehead atoms. The lowest BCUT2D eigenvalue weighted by atomic mass is 10.1. The molecule has 4 aromatic carbocycles. The Morgan fingerprint density at radius 3 is 2.07 bits per heavy atom. The third kappa shape index (κ3) is 2.53. The molecule has 0 aromatic heterocycles. The molecule has 1 heterocycles. The largest absolute Gasteiger partial charge is 0.497 e. The maximum absolute atomic E-state index is 14.7. The number of rotatable bonds is 3. The number of fused-ring (bicyclic) bond motifs is 2. The van der Waals surface area contributed by atoms with Crippen molar-refractivity contribution in [3.8, 4) is 5.75 Å². The van der Waals surface area contributed by atoms with E-state index in [0.29, 0.717) is 0 Å². The summed E-state index contributed by atoms with van der Waals surface area (Å²) in [6.07, 6.45) is 2.09. The number of benzene rings is 4. The Kier molecular flexibility index (Phi) is 3.96. The molecule has 0 unspecified atom stereocenters. The molecule has 0 spiro atoms. The average Bonchev–Trinajstić information content (AvgIpc) is 3.06. The second-order valence-electron chi connectivity index (χ2n) is 6.96. The van der Waals surface area contributed by atoms with Crippen LogP contribution in [-0.4, -0.2) is 7.11 Å². The number of hydrogen-bond acceptors (Lipinski definition) is 2. The number of methoxy groups -OCH3 is 1. The number of ether oxygens (including phenoxy) is 1. The SMILES string of the molecule is COc1ccc(C2=Cc3cc4ccccc4cc3[P@@]2(=O)c2ccccc2)cc1. The Labute approximate surface area is 164 Å². The lowest BCUT2D eigenvalue weighted by Crippen LogP contribution is -2.15. The van der Waals surface area contributed by atoms with E-state index in [1.807, 2.05) is 66.7 Å². The monoisotopic (exact) mass is 382 g/mol. The van der Waals surface area contributed by atoms with Gasteiger partial charge >= 0.3 is 0 Å². The van der Waals surface area contributed by atoms with E-state index in [1.165, 1.54) is 0 Å². The van der Waals surface area contributed by atoms with E-state index in [1.54, 1.807) is 7.11 Å². The summed E-state index contributed by atoms with van der Waals surface area (Å²) in [5, 5.41) is 4.94. The summed E-state index contributed by atoms with van der Waals surface area (Å²) in [7, 11) is -1.30. The fourth-order valence-corrected chi connectivity index (χ4v) is 7.00. The Hall–Kier alpha value is -3.09. The van der Waals surface area contributed by atoms with Crippen LogP contribution in [-0.2, 0) is 4.57 Å². The van der Waals surface area contributed by atoms with Crippen LogP contribution in [0.5, 0.6) is 5.75 Å². The summed E-state index contributed by atoms with van der Waals surface area (Å²) < 4.78 is 20.0. The molecule has 136 valence electrons. The van der Waals surface area contributed by atoms with Crippen LogP contribution in [0.3, 0.4) is 0 Å². The van der Waals surface area contributed by atoms with Crippen LogP contribution in [0, 0.1) is 0 Å². The van der Waals surface area contributed by atoms with E-state index >= 15 is 0 Å². The molecule has 4 aromatic rings. The molecular weight excluding hydrogens is 363 g/mol. The van der Waals surface area contributed by atoms with Crippen molar-refractivity contribution in [2.75, 3.05) is 7.11 Å². The third-order valence-corrected chi connectivity index (χ3v) is 8.53. The van der Waals surface area contributed by atoms with Crippen molar-refractivity contribution in [2.24, 2.45) is 0 Å². The maximum atomic E-state index is 14.7. The first-order valence-corrected chi connectivity index (χ1v) is 11.0. The first kappa shape index (κ1) is 17.0. The minimum Gasteiger partial charge on any atom is -0.497 e. The maximum Gasteiger partial charge on any atom is 0.172 e. The second kappa shape index (κ2) is 6.51. The molecule has 1 atom stereocenters. The molecule has 5 rings (SSSR count). The molecule has 3 heteroatoms. The highest BCUT2D eigenvalue weighted by Gasteiger charge is 2.39. The molecule has 0 saturated carbocycles. The molecular formula is C25H19O2P. The summed E-state index contributed by atoms with van der Waals surface area (Å²) in [5.74, 6) is 0.792. The van der Waals surface area contributed by atoms with Crippen LogP contribution < -0.4 is 15.3 Å². The van der Waals surface area contributed by atoms with Crippen molar-refractivity contribution < 1.29 is 9.30 Å². The van der Waals surface area contributed by atoms with Gasteiger partial charge in [0, 0.05) is 15.9 Å². The lowest BCUT2D eigenvalue weighted by Gasteiger charge is -2.19. The molecule has 0 saturated heterocycles. The topological polar surface area (TPSA) is 26.3 Å². The first-order valence-electron chi connectivity index (χ1n) is 9.26. The second-order valence-corrected chi connectivity index (χ2v) is 9.66. The zero-order valence-electron chi connectivity index (χ0n) is 15.5. The molecule has 0 aliphatic carbocycles. The Morgan fingerprint density at radius 1 is 0.750 bits per heavy atom. The summed E-state index contributed by atoms with van der Waals surface area (Å²) in [4.78, 5) is 0. The Bertz CT molecular complexity index is 1250. The van der Waals surface area contributed by atoms with Crippen LogP contribution in [0.1, 0.15) is 11.1 Å². The van der Waals surface area contributed by atoms with Crippen LogP contribution in [0.15, 0.2) is 91.0 Å². The van der Waals surface area contributed by atoms with Gasteiger partial charge in [-0.05, 0) is 52.2 Å². The van der Waals surface area contributed by atoms with E-state index in [4.69, 9.17) is 4.74 Å². The van der Waals surface area contributed by atoms with Gasteiger partial charge in [0.1, 0.15) is 5.75 Å². The van der Waals surface area contributed by atoms with E-state index in [2.05, 4.69) is 30.3 Å². The van der Waals surface area contributed by atoms with Gasteiger partial charge in [-0.3, -0.25) is 0 Å². The van der Waals surface area contributed by atoms with Gasteiger partial charge in [0.25, 0.3) is 0 Å². The highest BCUT2D eigenvalue weighted by molar-refractivity contribution is 7.88. The minimum atomic E-state index is -2.95. The minimum absolute atomic E-state index is 0.792. The van der Waals surface area contributed by atoms with Gasteiger partial charge in [0.05, 0.1) is 7.11 Å². The van der Waals surface area contributed by atoms with Crippen LogP contribution in [0.4, 0.5) is 0 Å². The molecule has 1 aliphatic rings. The van der Waals surface area contributed by atoms with E-state index in [-0.39, 0.29) is 0 Å². The highest BCUT2D eigenvalue weighted by atomic mass is 31.2. The van der Waals surface area contributed by atoms with Crippen LogP contribution in [0.2, 0.25) is 0 Å². The van der Waals surface area contributed by atoms with Gasteiger partial charge in [0.15, 0.2) is 7.14 Å². The molecule has 28 heavy (non-hydrogen) atoms. The molecule has 0 radical (unpaired) electrons. The predicted octanol–water partition coefficient (Wildman–Crippen LogP) is 5.67. The van der Waals surface area contributed by atoms with Crippen molar-refractivity contribution in [3.63, 3.8) is 0 Å². The zero-order valence-corrected chi connectivity index (χ0v) is 16.4. The van der Waals surface area contributed by atoms with Crippen molar-refractivity contribution >= 4 is 39.9 Å². The van der Waals surface area contributed by atoms with Crippen molar-refractivity contribution in [3.05, 3.63) is 102 Å². The molecule has 1 aliphatic heterocycles. The number of hydrogen-bond donors (Lipinski definition) is 0. The third-order valence-electron chi connectivity index (χ3n) is 5.37. The van der Waals surface area contributed by atoms with Gasteiger partial charge in [-0.1, -0.05) is 66.7 Å². The molecule has 0 amide bonds. The summed E-state index contributed by atoms with van der Waals surface area (Å²) in [6, 6.07) is 30.1. The highest BCUT2D eigenvalue weighted by Crippen LogP contribution is 2.61. The summed E-state index contributed by atoms with van der Waals surface area (Å²) >= 11 is 0. The van der Waals surface area contributed by atoms with Crippen molar-refractivity contribution in [1.29, 1.82) is 0 Å². The van der Waals surface area contributed by atoms with Crippen molar-refractivity contribution in [2.45, 2.75) is 0 Å². The Balaban J connectivity index is 1.78. The van der Waals surface area contributed by atoms with Gasteiger partial charge in [-0.15, -0.1) is 0 Å².